The van der Waals surface area contributed by atoms with Gasteiger partial charge in [0.2, 0.25) is 0 Å². The van der Waals surface area contributed by atoms with Crippen LogP contribution >= 0.6 is 24.0 Å². The quantitative estimate of drug-likeness (QED) is 0.256. The molecule has 0 amide bonds. The largest absolute Gasteiger partial charge is 0.469 e. The number of guanidine groups is 1. The summed E-state index contributed by atoms with van der Waals surface area (Å²) >= 11 is 0. The summed E-state index contributed by atoms with van der Waals surface area (Å²) in [4.78, 5) is 6.99. The first-order valence-corrected chi connectivity index (χ1v) is 8.38. The van der Waals surface area contributed by atoms with E-state index in [4.69, 9.17) is 4.42 Å². The lowest BCUT2D eigenvalue weighted by Gasteiger charge is -2.20. The number of nitrogens with one attached hydrogen (secondary N) is 2. The molecule has 1 rings (SSSR count). The highest BCUT2D eigenvalue weighted by Crippen LogP contribution is 2.00. The Bertz CT molecular complexity index is 407. The van der Waals surface area contributed by atoms with Crippen LogP contribution in [-0.2, 0) is 6.42 Å². The average molecular weight is 436 g/mol. The Morgan fingerprint density at radius 2 is 2.09 bits per heavy atom. The minimum Gasteiger partial charge on any atom is -0.469 e. The summed E-state index contributed by atoms with van der Waals surface area (Å²) < 4.78 is 5.33. The summed E-state index contributed by atoms with van der Waals surface area (Å²) in [5.41, 5.74) is 0. The second-order valence-corrected chi connectivity index (χ2v) is 5.80. The molecule has 1 aromatic heterocycles. The number of hydrogen-bond donors (Lipinski definition) is 2. The lowest BCUT2D eigenvalue weighted by atomic mass is 10.2. The number of furan rings is 1. The van der Waals surface area contributed by atoms with Gasteiger partial charge in [-0.15, -0.1) is 24.0 Å². The minimum absolute atomic E-state index is 0. The molecule has 0 fully saturated rings. The summed E-state index contributed by atoms with van der Waals surface area (Å²) in [7, 11) is 2.17. The van der Waals surface area contributed by atoms with Gasteiger partial charge in [-0.25, -0.2) is 0 Å². The molecule has 6 heteroatoms. The minimum atomic E-state index is 0. The third-order valence-corrected chi connectivity index (χ3v) is 3.66. The van der Waals surface area contributed by atoms with Crippen molar-refractivity contribution in [2.45, 2.75) is 46.1 Å². The molecule has 0 saturated carbocycles. The maximum Gasteiger partial charge on any atom is 0.191 e. The Kier molecular flexibility index (Phi) is 13.2. The van der Waals surface area contributed by atoms with Gasteiger partial charge >= 0.3 is 0 Å². The highest BCUT2D eigenvalue weighted by atomic mass is 127. The number of unbranched alkanes of at least 4 members (excludes halogenated alkanes) is 1. The molecule has 1 aromatic rings. The first kappa shape index (κ1) is 22.2. The maximum absolute atomic E-state index is 5.33. The summed E-state index contributed by atoms with van der Waals surface area (Å²) in [5, 5.41) is 6.62. The molecule has 0 aliphatic carbocycles. The van der Waals surface area contributed by atoms with Crippen LogP contribution in [0.25, 0.3) is 0 Å². The Balaban J connectivity index is 0.00000484. The van der Waals surface area contributed by atoms with Crippen molar-refractivity contribution < 1.29 is 4.42 Å². The molecule has 0 atom stereocenters. The van der Waals surface area contributed by atoms with Crippen LogP contribution in [-0.4, -0.2) is 50.1 Å². The predicted molar refractivity (Wildman–Crippen MR) is 109 cm³/mol. The van der Waals surface area contributed by atoms with Crippen LogP contribution in [0.5, 0.6) is 0 Å². The van der Waals surface area contributed by atoms with Crippen LogP contribution in [0.2, 0.25) is 0 Å². The Hall–Kier alpha value is -0.760. The first-order valence-electron chi connectivity index (χ1n) is 8.38. The van der Waals surface area contributed by atoms with E-state index < -0.39 is 0 Å². The van der Waals surface area contributed by atoms with E-state index in [1.807, 2.05) is 12.1 Å². The van der Waals surface area contributed by atoms with E-state index in [2.05, 4.69) is 48.3 Å². The first-order chi connectivity index (χ1) is 10.6. The Morgan fingerprint density at radius 1 is 1.30 bits per heavy atom. The summed E-state index contributed by atoms with van der Waals surface area (Å²) in [6.45, 7) is 10.2. The zero-order valence-corrected chi connectivity index (χ0v) is 17.3. The molecule has 0 bridgehead atoms. The van der Waals surface area contributed by atoms with Gasteiger partial charge in [0.15, 0.2) is 5.96 Å². The second kappa shape index (κ2) is 13.7. The Morgan fingerprint density at radius 3 is 2.70 bits per heavy atom. The van der Waals surface area contributed by atoms with Gasteiger partial charge in [-0.2, -0.15) is 0 Å². The maximum atomic E-state index is 5.33. The van der Waals surface area contributed by atoms with Crippen molar-refractivity contribution in [1.29, 1.82) is 0 Å². The van der Waals surface area contributed by atoms with Crippen molar-refractivity contribution in [3.8, 4) is 0 Å². The fraction of sp³-hybridized carbons (Fsp3) is 0.706. The summed E-state index contributed by atoms with van der Waals surface area (Å²) in [6, 6.07) is 4.53. The van der Waals surface area contributed by atoms with Crippen molar-refractivity contribution in [2.75, 3.05) is 33.2 Å². The van der Waals surface area contributed by atoms with Crippen LogP contribution in [0.4, 0.5) is 0 Å². The number of hydrogen-bond acceptors (Lipinski definition) is 3. The van der Waals surface area contributed by atoms with E-state index >= 15 is 0 Å². The van der Waals surface area contributed by atoms with Crippen LogP contribution in [0.15, 0.2) is 27.8 Å². The smallest absolute Gasteiger partial charge is 0.191 e. The fourth-order valence-corrected chi connectivity index (χ4v) is 2.02. The number of aliphatic imine (C=N–C) groups is 1. The van der Waals surface area contributed by atoms with Crippen molar-refractivity contribution in [3.63, 3.8) is 0 Å². The topological polar surface area (TPSA) is 52.8 Å². The lowest BCUT2D eigenvalue weighted by Crippen LogP contribution is -2.38. The molecule has 0 unspecified atom stereocenters. The SMILES string of the molecule is CCNC(=NCCCCN(C)C(C)C)NCCc1ccco1.I. The number of halogens is 1. The molecule has 0 aromatic carbocycles. The van der Waals surface area contributed by atoms with E-state index in [9.17, 15) is 0 Å². The van der Waals surface area contributed by atoms with Gasteiger partial charge in [0, 0.05) is 32.1 Å². The van der Waals surface area contributed by atoms with Crippen LogP contribution in [0.3, 0.4) is 0 Å². The Labute approximate surface area is 158 Å². The van der Waals surface area contributed by atoms with Crippen LogP contribution in [0, 0.1) is 0 Å². The molecule has 134 valence electrons. The zero-order chi connectivity index (χ0) is 16.2. The highest BCUT2D eigenvalue weighted by molar-refractivity contribution is 14.0. The molecule has 0 aliphatic rings. The molecule has 5 nitrogen and oxygen atoms in total. The second-order valence-electron chi connectivity index (χ2n) is 5.80. The van der Waals surface area contributed by atoms with Crippen molar-refractivity contribution in [3.05, 3.63) is 24.2 Å². The number of nitrogens with zero attached hydrogens (tertiary/aromatic N) is 2. The van der Waals surface area contributed by atoms with E-state index in [0.717, 1.165) is 50.7 Å². The van der Waals surface area contributed by atoms with Crippen LogP contribution < -0.4 is 10.6 Å². The molecular weight excluding hydrogens is 403 g/mol. The molecular formula is C17H33IN4O. The summed E-state index contributed by atoms with van der Waals surface area (Å²) in [6.07, 6.45) is 4.88. The molecule has 2 N–H and O–H groups in total. The van der Waals surface area contributed by atoms with Gasteiger partial charge < -0.3 is 20.0 Å². The molecule has 23 heavy (non-hydrogen) atoms. The standard InChI is InChI=1S/C17H32N4O.HI/c1-5-18-17(20-12-10-16-9-8-14-22-16)19-11-6-7-13-21(4)15(2)3;/h8-9,14-15H,5-7,10-13H2,1-4H3,(H2,18,19,20);1H. The molecule has 0 radical (unpaired) electrons. The highest BCUT2D eigenvalue weighted by Gasteiger charge is 2.02. The molecule has 1 heterocycles. The average Bonchev–Trinajstić information content (AvgIpc) is 2.99. The monoisotopic (exact) mass is 436 g/mol. The van der Waals surface area contributed by atoms with Gasteiger partial charge in [-0.3, -0.25) is 4.99 Å². The van der Waals surface area contributed by atoms with Crippen molar-refractivity contribution in [2.24, 2.45) is 4.99 Å². The third kappa shape index (κ3) is 10.6. The molecule has 0 spiro atoms. The van der Waals surface area contributed by atoms with Crippen LogP contribution in [0.1, 0.15) is 39.4 Å². The van der Waals surface area contributed by atoms with Gasteiger partial charge in [0.25, 0.3) is 0 Å². The van der Waals surface area contributed by atoms with Crippen molar-refractivity contribution in [1.82, 2.24) is 15.5 Å². The predicted octanol–water partition coefficient (Wildman–Crippen LogP) is 3.12. The van der Waals surface area contributed by atoms with E-state index in [1.165, 1.54) is 6.42 Å². The van der Waals surface area contributed by atoms with Gasteiger partial charge in [0.1, 0.15) is 5.76 Å². The van der Waals surface area contributed by atoms with E-state index in [1.54, 1.807) is 6.26 Å². The molecule has 0 saturated heterocycles. The van der Waals surface area contributed by atoms with E-state index in [0.29, 0.717) is 6.04 Å². The molecule has 0 aliphatic heterocycles. The fourth-order valence-electron chi connectivity index (χ4n) is 2.02. The van der Waals surface area contributed by atoms with Crippen molar-refractivity contribution >= 4 is 29.9 Å². The zero-order valence-electron chi connectivity index (χ0n) is 15.0. The number of rotatable bonds is 10. The van der Waals surface area contributed by atoms with Gasteiger partial charge in [0.05, 0.1) is 6.26 Å². The summed E-state index contributed by atoms with van der Waals surface area (Å²) in [5.74, 6) is 1.89. The van der Waals surface area contributed by atoms with Gasteiger partial charge in [-0.05, 0) is 59.3 Å². The normalized spacial score (nSPS) is 11.7. The van der Waals surface area contributed by atoms with Gasteiger partial charge in [-0.1, -0.05) is 0 Å². The third-order valence-electron chi connectivity index (χ3n) is 3.66. The van der Waals surface area contributed by atoms with E-state index in [-0.39, 0.29) is 24.0 Å². The lowest BCUT2D eigenvalue weighted by molar-refractivity contribution is 0.269.